The van der Waals surface area contributed by atoms with Gasteiger partial charge in [-0.2, -0.15) is 5.10 Å². The van der Waals surface area contributed by atoms with Gasteiger partial charge in [-0.25, -0.2) is 0 Å². The molecule has 0 fully saturated rings. The number of nitrogens with zero attached hydrogens (tertiary/aromatic N) is 3. The van der Waals surface area contributed by atoms with Gasteiger partial charge in [0, 0.05) is 42.3 Å². The molecule has 3 N–H and O–H groups in total. The van der Waals surface area contributed by atoms with Crippen LogP contribution in [0.1, 0.15) is 22.9 Å². The van der Waals surface area contributed by atoms with Gasteiger partial charge < -0.3 is 15.4 Å². The summed E-state index contributed by atoms with van der Waals surface area (Å²) in [7, 11) is 2.05. The van der Waals surface area contributed by atoms with Crippen LogP contribution in [0.4, 0.5) is 0 Å². The van der Waals surface area contributed by atoms with E-state index >= 15 is 0 Å². The molecule has 0 saturated heterocycles. The number of para-hydroxylation sites is 1. The van der Waals surface area contributed by atoms with Crippen LogP contribution in [-0.2, 0) is 13.6 Å². The SMILES string of the molecule is Cc1cc(C(CN)c2cn(C)c3ccccc23)n(CCO)n1. The summed E-state index contributed by atoms with van der Waals surface area (Å²) in [5.74, 6) is 0.0684. The number of aliphatic hydroxyl groups is 1. The zero-order valence-corrected chi connectivity index (χ0v) is 13.0. The molecule has 0 amide bonds. The lowest BCUT2D eigenvalue weighted by molar-refractivity contribution is 0.266. The van der Waals surface area contributed by atoms with Crippen LogP contribution >= 0.6 is 0 Å². The Morgan fingerprint density at radius 2 is 2.09 bits per heavy atom. The highest BCUT2D eigenvalue weighted by molar-refractivity contribution is 5.84. The van der Waals surface area contributed by atoms with E-state index in [0.717, 1.165) is 11.4 Å². The number of aromatic nitrogens is 3. The van der Waals surface area contributed by atoms with Crippen molar-refractivity contribution in [1.29, 1.82) is 0 Å². The van der Waals surface area contributed by atoms with Crippen molar-refractivity contribution in [2.45, 2.75) is 19.4 Å². The lowest BCUT2D eigenvalue weighted by atomic mass is 9.95. The molecule has 1 aromatic carbocycles. The average molecular weight is 298 g/mol. The first kappa shape index (κ1) is 14.8. The Hall–Kier alpha value is -2.11. The molecule has 2 heterocycles. The Morgan fingerprint density at radius 3 is 2.82 bits per heavy atom. The first-order valence-electron chi connectivity index (χ1n) is 7.55. The molecule has 5 nitrogen and oxygen atoms in total. The number of benzene rings is 1. The standard InChI is InChI=1S/C17H22N4O/c1-12-9-17(21(19-12)7-8-22)14(10-18)15-11-20(2)16-6-4-3-5-13(15)16/h3-6,9,11,14,22H,7-8,10,18H2,1-2H3. The van der Waals surface area contributed by atoms with E-state index < -0.39 is 0 Å². The number of rotatable bonds is 5. The van der Waals surface area contributed by atoms with Crippen molar-refractivity contribution in [3.05, 3.63) is 53.5 Å². The van der Waals surface area contributed by atoms with Crippen molar-refractivity contribution in [3.63, 3.8) is 0 Å². The summed E-state index contributed by atoms with van der Waals surface area (Å²) < 4.78 is 4.00. The maximum atomic E-state index is 9.26. The third-order valence-corrected chi connectivity index (χ3v) is 4.14. The minimum atomic E-state index is 0.0684. The summed E-state index contributed by atoms with van der Waals surface area (Å²) >= 11 is 0. The van der Waals surface area contributed by atoms with Crippen LogP contribution in [0.15, 0.2) is 36.5 Å². The van der Waals surface area contributed by atoms with Crippen molar-refractivity contribution in [2.75, 3.05) is 13.2 Å². The van der Waals surface area contributed by atoms with Crippen molar-refractivity contribution in [1.82, 2.24) is 14.3 Å². The van der Waals surface area contributed by atoms with Crippen molar-refractivity contribution in [3.8, 4) is 0 Å². The Balaban J connectivity index is 2.14. The quantitative estimate of drug-likeness (QED) is 0.754. The van der Waals surface area contributed by atoms with Gasteiger partial charge in [0.1, 0.15) is 0 Å². The minimum absolute atomic E-state index is 0.0684. The van der Waals surface area contributed by atoms with Crippen LogP contribution in [-0.4, -0.2) is 32.6 Å². The fraction of sp³-hybridized carbons (Fsp3) is 0.353. The summed E-state index contributed by atoms with van der Waals surface area (Å²) in [4.78, 5) is 0. The molecule has 116 valence electrons. The molecule has 5 heteroatoms. The molecular formula is C17H22N4O. The normalized spacial score (nSPS) is 12.9. The Kier molecular flexibility index (Phi) is 4.00. The van der Waals surface area contributed by atoms with E-state index in [-0.39, 0.29) is 12.5 Å². The predicted molar refractivity (Wildman–Crippen MR) is 87.9 cm³/mol. The fourth-order valence-corrected chi connectivity index (χ4v) is 3.18. The highest BCUT2D eigenvalue weighted by atomic mass is 16.3. The Morgan fingerprint density at radius 1 is 1.32 bits per heavy atom. The molecule has 2 aromatic heterocycles. The fourth-order valence-electron chi connectivity index (χ4n) is 3.18. The molecule has 1 atom stereocenters. The highest BCUT2D eigenvalue weighted by Crippen LogP contribution is 2.31. The van der Waals surface area contributed by atoms with Crippen molar-refractivity contribution >= 4 is 10.9 Å². The third kappa shape index (κ3) is 2.42. The van der Waals surface area contributed by atoms with Crippen LogP contribution in [0.25, 0.3) is 10.9 Å². The van der Waals surface area contributed by atoms with Crippen LogP contribution in [0.3, 0.4) is 0 Å². The zero-order chi connectivity index (χ0) is 15.7. The average Bonchev–Trinajstić information content (AvgIpc) is 3.03. The maximum absolute atomic E-state index is 9.26. The van der Waals surface area contributed by atoms with Crippen LogP contribution < -0.4 is 5.73 Å². The molecule has 3 aromatic rings. The van der Waals surface area contributed by atoms with Gasteiger partial charge in [-0.1, -0.05) is 18.2 Å². The molecule has 3 rings (SSSR count). The summed E-state index contributed by atoms with van der Waals surface area (Å²) in [6, 6.07) is 10.4. The topological polar surface area (TPSA) is 69.0 Å². The van der Waals surface area contributed by atoms with Gasteiger partial charge in [0.25, 0.3) is 0 Å². The smallest absolute Gasteiger partial charge is 0.0644 e. The van der Waals surface area contributed by atoms with E-state index in [2.05, 4.69) is 47.2 Å². The van der Waals surface area contributed by atoms with Gasteiger partial charge in [-0.15, -0.1) is 0 Å². The van der Waals surface area contributed by atoms with Gasteiger partial charge in [-0.3, -0.25) is 4.68 Å². The molecule has 0 bridgehead atoms. The largest absolute Gasteiger partial charge is 0.394 e. The molecule has 1 unspecified atom stereocenters. The maximum Gasteiger partial charge on any atom is 0.0644 e. The monoisotopic (exact) mass is 298 g/mol. The summed E-state index contributed by atoms with van der Waals surface area (Å²) in [5.41, 5.74) is 10.5. The van der Waals surface area contributed by atoms with E-state index in [0.29, 0.717) is 13.1 Å². The highest BCUT2D eigenvalue weighted by Gasteiger charge is 2.21. The molecule has 0 aliphatic carbocycles. The number of fused-ring (bicyclic) bond motifs is 1. The van der Waals surface area contributed by atoms with Gasteiger partial charge in [0.2, 0.25) is 0 Å². The molecule has 0 spiro atoms. The van der Waals surface area contributed by atoms with Gasteiger partial charge >= 0.3 is 0 Å². The number of nitrogens with two attached hydrogens (primary N) is 1. The summed E-state index contributed by atoms with van der Waals surface area (Å²) in [5, 5.41) is 15.0. The van der Waals surface area contributed by atoms with Gasteiger partial charge in [-0.05, 0) is 24.6 Å². The minimum Gasteiger partial charge on any atom is -0.394 e. The number of aryl methyl sites for hydroxylation is 2. The Labute approximate surface area is 130 Å². The van der Waals surface area contributed by atoms with Crippen LogP contribution in [0.5, 0.6) is 0 Å². The van der Waals surface area contributed by atoms with Crippen molar-refractivity contribution < 1.29 is 5.11 Å². The molecular weight excluding hydrogens is 276 g/mol. The Bertz CT molecular complexity index is 787. The number of aliphatic hydroxyl groups excluding tert-OH is 1. The van der Waals surface area contributed by atoms with E-state index in [1.54, 1.807) is 0 Å². The molecule has 0 aliphatic heterocycles. The van der Waals surface area contributed by atoms with E-state index in [1.165, 1.54) is 16.5 Å². The second-order valence-electron chi connectivity index (χ2n) is 5.66. The van der Waals surface area contributed by atoms with Crippen LogP contribution in [0.2, 0.25) is 0 Å². The lowest BCUT2D eigenvalue weighted by Gasteiger charge is -2.16. The van der Waals surface area contributed by atoms with E-state index in [1.807, 2.05) is 17.7 Å². The summed E-state index contributed by atoms with van der Waals surface area (Å²) in [6.07, 6.45) is 2.15. The molecule has 22 heavy (non-hydrogen) atoms. The lowest BCUT2D eigenvalue weighted by Crippen LogP contribution is -2.19. The molecule has 0 radical (unpaired) electrons. The van der Waals surface area contributed by atoms with E-state index in [9.17, 15) is 5.11 Å². The molecule has 0 aliphatic rings. The number of hydrogen-bond donors (Lipinski definition) is 2. The second-order valence-corrected chi connectivity index (χ2v) is 5.66. The number of hydrogen-bond acceptors (Lipinski definition) is 3. The summed E-state index contributed by atoms with van der Waals surface area (Å²) in [6.45, 7) is 3.03. The third-order valence-electron chi connectivity index (χ3n) is 4.14. The second kappa shape index (κ2) is 5.94. The first-order valence-corrected chi connectivity index (χ1v) is 7.55. The zero-order valence-electron chi connectivity index (χ0n) is 13.0. The van der Waals surface area contributed by atoms with E-state index in [4.69, 9.17) is 5.73 Å². The molecule has 0 saturated carbocycles. The van der Waals surface area contributed by atoms with Gasteiger partial charge in [0.05, 0.1) is 18.8 Å². The van der Waals surface area contributed by atoms with Crippen LogP contribution in [0, 0.1) is 6.92 Å². The van der Waals surface area contributed by atoms with Gasteiger partial charge in [0.15, 0.2) is 0 Å². The van der Waals surface area contributed by atoms with Crippen molar-refractivity contribution in [2.24, 2.45) is 12.8 Å². The first-order chi connectivity index (χ1) is 10.7. The predicted octanol–water partition coefficient (Wildman–Crippen LogP) is 1.77.